The quantitative estimate of drug-likeness (QED) is 0.848. The molecule has 1 fully saturated rings. The lowest BCUT2D eigenvalue weighted by atomic mass is 9.97. The number of hydrogen-bond acceptors (Lipinski definition) is 3. The van der Waals surface area contributed by atoms with E-state index in [0.717, 1.165) is 40.6 Å². The zero-order valence-corrected chi connectivity index (χ0v) is 14.3. The molecule has 0 spiro atoms. The number of nitrogens with one attached hydrogen (secondary N) is 1. The first-order chi connectivity index (χ1) is 11.7. The van der Waals surface area contributed by atoms with Gasteiger partial charge < -0.3 is 4.74 Å². The molecule has 4 heteroatoms. The van der Waals surface area contributed by atoms with Crippen LogP contribution in [0.2, 0.25) is 0 Å². The lowest BCUT2D eigenvalue weighted by Crippen LogP contribution is -2.25. The van der Waals surface area contributed by atoms with E-state index in [-0.39, 0.29) is 11.8 Å². The molecule has 0 heterocycles. The van der Waals surface area contributed by atoms with Crippen molar-refractivity contribution in [1.82, 2.24) is 5.43 Å². The predicted molar refractivity (Wildman–Crippen MR) is 97.6 cm³/mol. The summed E-state index contributed by atoms with van der Waals surface area (Å²) in [5.74, 6) is 0.551. The van der Waals surface area contributed by atoms with Crippen LogP contribution in [0.4, 0.5) is 0 Å². The monoisotopic (exact) mass is 324 g/mol. The number of carbonyl (C=O) groups is 1. The second-order valence-corrected chi connectivity index (χ2v) is 6.41. The second kappa shape index (κ2) is 7.47. The van der Waals surface area contributed by atoms with Crippen LogP contribution < -0.4 is 10.2 Å². The third-order valence-electron chi connectivity index (χ3n) is 4.72. The molecule has 4 nitrogen and oxygen atoms in total. The van der Waals surface area contributed by atoms with Crippen molar-refractivity contribution in [2.45, 2.75) is 44.9 Å². The molecule has 1 saturated carbocycles. The van der Waals surface area contributed by atoms with Crippen molar-refractivity contribution in [1.29, 1.82) is 0 Å². The van der Waals surface area contributed by atoms with E-state index in [2.05, 4.69) is 16.6 Å². The van der Waals surface area contributed by atoms with Crippen LogP contribution in [-0.2, 0) is 4.79 Å². The molecule has 0 saturated heterocycles. The van der Waals surface area contributed by atoms with Gasteiger partial charge in [0.15, 0.2) is 0 Å². The van der Waals surface area contributed by atoms with E-state index in [1.807, 2.05) is 37.3 Å². The topological polar surface area (TPSA) is 50.7 Å². The summed E-state index contributed by atoms with van der Waals surface area (Å²) >= 11 is 0. The molecule has 126 valence electrons. The Kier molecular flexibility index (Phi) is 5.14. The molecule has 1 amide bonds. The number of amides is 1. The number of methoxy groups -OCH3 is 1. The van der Waals surface area contributed by atoms with E-state index >= 15 is 0 Å². The summed E-state index contributed by atoms with van der Waals surface area (Å²) in [7, 11) is 1.66. The molecule has 2 aromatic rings. The van der Waals surface area contributed by atoms with Gasteiger partial charge in [0.1, 0.15) is 5.75 Å². The molecule has 1 N–H and O–H groups in total. The summed E-state index contributed by atoms with van der Waals surface area (Å²) in [6.07, 6.45) is 5.64. The minimum absolute atomic E-state index is 0.0547. The van der Waals surface area contributed by atoms with Crippen LogP contribution >= 0.6 is 0 Å². The van der Waals surface area contributed by atoms with Crippen LogP contribution in [0.1, 0.15) is 50.5 Å². The molecule has 3 rings (SSSR count). The Bertz CT molecular complexity index is 759. The SMILES string of the molecule is COc1ccc2cc(C(C)C(=O)NN=C3CCCCC3)ccc2c1. The third-order valence-corrected chi connectivity index (χ3v) is 4.72. The molecule has 0 aromatic heterocycles. The number of carbonyl (C=O) groups excluding carboxylic acids is 1. The number of hydrogen-bond donors (Lipinski definition) is 1. The number of rotatable bonds is 4. The van der Waals surface area contributed by atoms with E-state index in [0.29, 0.717) is 0 Å². The molecule has 2 aromatic carbocycles. The Morgan fingerprint density at radius 1 is 1.08 bits per heavy atom. The summed E-state index contributed by atoms with van der Waals surface area (Å²) in [4.78, 5) is 12.4. The molecule has 1 aliphatic carbocycles. The minimum Gasteiger partial charge on any atom is -0.497 e. The summed E-state index contributed by atoms with van der Waals surface area (Å²) in [6.45, 7) is 1.92. The van der Waals surface area contributed by atoms with Crippen LogP contribution in [-0.4, -0.2) is 18.7 Å². The highest BCUT2D eigenvalue weighted by Crippen LogP contribution is 2.25. The fourth-order valence-corrected chi connectivity index (χ4v) is 3.09. The average Bonchev–Trinajstić information content (AvgIpc) is 2.65. The summed E-state index contributed by atoms with van der Waals surface area (Å²) in [5, 5.41) is 6.52. The summed E-state index contributed by atoms with van der Waals surface area (Å²) in [6, 6.07) is 12.0. The summed E-state index contributed by atoms with van der Waals surface area (Å²) in [5.41, 5.74) is 4.86. The van der Waals surface area contributed by atoms with E-state index in [1.165, 1.54) is 19.3 Å². The lowest BCUT2D eigenvalue weighted by molar-refractivity contribution is -0.122. The molecular weight excluding hydrogens is 300 g/mol. The Hall–Kier alpha value is -2.36. The van der Waals surface area contributed by atoms with Crippen molar-refractivity contribution in [2.75, 3.05) is 7.11 Å². The largest absolute Gasteiger partial charge is 0.497 e. The normalized spacial score (nSPS) is 15.8. The number of nitrogens with zero attached hydrogens (tertiary/aromatic N) is 1. The van der Waals surface area contributed by atoms with Crippen LogP contribution in [0.3, 0.4) is 0 Å². The van der Waals surface area contributed by atoms with Gasteiger partial charge in [0.25, 0.3) is 0 Å². The van der Waals surface area contributed by atoms with Crippen molar-refractivity contribution >= 4 is 22.4 Å². The van der Waals surface area contributed by atoms with E-state index < -0.39 is 0 Å². The van der Waals surface area contributed by atoms with Crippen LogP contribution in [0.25, 0.3) is 10.8 Å². The maximum atomic E-state index is 12.4. The highest BCUT2D eigenvalue weighted by Gasteiger charge is 2.16. The molecule has 24 heavy (non-hydrogen) atoms. The third kappa shape index (κ3) is 3.75. The Balaban J connectivity index is 1.72. The van der Waals surface area contributed by atoms with Crippen LogP contribution in [0.15, 0.2) is 41.5 Å². The number of benzene rings is 2. The van der Waals surface area contributed by atoms with Gasteiger partial charge in [-0.25, -0.2) is 5.43 Å². The highest BCUT2D eigenvalue weighted by atomic mass is 16.5. The van der Waals surface area contributed by atoms with Gasteiger partial charge in [-0.05, 0) is 61.1 Å². The fourth-order valence-electron chi connectivity index (χ4n) is 3.09. The maximum Gasteiger partial charge on any atom is 0.247 e. The molecule has 1 aliphatic rings. The molecule has 1 unspecified atom stereocenters. The summed E-state index contributed by atoms with van der Waals surface area (Å²) < 4.78 is 5.25. The first kappa shape index (κ1) is 16.5. The average molecular weight is 324 g/mol. The van der Waals surface area contributed by atoms with Gasteiger partial charge in [-0.3, -0.25) is 4.79 Å². The number of hydrazone groups is 1. The molecule has 0 radical (unpaired) electrons. The highest BCUT2D eigenvalue weighted by molar-refractivity contribution is 5.90. The minimum atomic E-state index is -0.232. The van der Waals surface area contributed by atoms with Crippen molar-refractivity contribution in [2.24, 2.45) is 5.10 Å². The first-order valence-electron chi connectivity index (χ1n) is 8.60. The van der Waals surface area contributed by atoms with Gasteiger partial charge in [-0.1, -0.05) is 30.7 Å². The van der Waals surface area contributed by atoms with Gasteiger partial charge in [0, 0.05) is 5.71 Å². The van der Waals surface area contributed by atoms with Crippen molar-refractivity contribution < 1.29 is 9.53 Å². The second-order valence-electron chi connectivity index (χ2n) is 6.41. The van der Waals surface area contributed by atoms with E-state index in [4.69, 9.17) is 4.74 Å². The molecule has 0 bridgehead atoms. The number of ether oxygens (including phenoxy) is 1. The fraction of sp³-hybridized carbons (Fsp3) is 0.400. The van der Waals surface area contributed by atoms with Crippen molar-refractivity contribution in [3.63, 3.8) is 0 Å². The van der Waals surface area contributed by atoms with Gasteiger partial charge in [0.05, 0.1) is 13.0 Å². The molecular formula is C20H24N2O2. The predicted octanol–water partition coefficient (Wildman–Crippen LogP) is 4.39. The van der Waals surface area contributed by atoms with Gasteiger partial charge in [-0.2, -0.15) is 5.10 Å². The molecule has 1 atom stereocenters. The van der Waals surface area contributed by atoms with Gasteiger partial charge in [-0.15, -0.1) is 0 Å². The number of fused-ring (bicyclic) bond motifs is 1. The lowest BCUT2D eigenvalue weighted by Gasteiger charge is -2.14. The van der Waals surface area contributed by atoms with E-state index in [1.54, 1.807) is 7.11 Å². The Labute approximate surface area is 142 Å². The van der Waals surface area contributed by atoms with Gasteiger partial charge in [0.2, 0.25) is 5.91 Å². The molecule has 0 aliphatic heterocycles. The Morgan fingerprint density at radius 2 is 1.79 bits per heavy atom. The zero-order valence-electron chi connectivity index (χ0n) is 14.3. The van der Waals surface area contributed by atoms with E-state index in [9.17, 15) is 4.79 Å². The Morgan fingerprint density at radius 3 is 2.54 bits per heavy atom. The maximum absolute atomic E-state index is 12.4. The van der Waals surface area contributed by atoms with Crippen molar-refractivity contribution in [3.8, 4) is 5.75 Å². The van der Waals surface area contributed by atoms with Crippen LogP contribution in [0.5, 0.6) is 5.75 Å². The van der Waals surface area contributed by atoms with Crippen LogP contribution in [0, 0.1) is 0 Å². The first-order valence-corrected chi connectivity index (χ1v) is 8.60. The zero-order chi connectivity index (χ0) is 16.9. The van der Waals surface area contributed by atoms with Crippen molar-refractivity contribution in [3.05, 3.63) is 42.0 Å². The smallest absolute Gasteiger partial charge is 0.247 e. The van der Waals surface area contributed by atoms with Gasteiger partial charge >= 0.3 is 0 Å². The standard InChI is InChI=1S/C20H24N2O2/c1-14(20(23)22-21-18-6-4-3-5-7-18)15-8-9-17-13-19(24-2)11-10-16(17)12-15/h8-14H,3-7H2,1-2H3,(H,22,23).